The molecule has 0 atom stereocenters. The molecule has 0 unspecified atom stereocenters. The molecule has 0 aliphatic carbocycles. The first kappa shape index (κ1) is 13.8. The maximum atomic E-state index is 11.6. The molecule has 98 valence electrons. The molecule has 0 aromatic carbocycles. The Kier molecular flexibility index (Phi) is 5.52. The number of aromatic nitrogens is 2. The smallest absolute Gasteiger partial charge is 0.272 e. The molecule has 1 heterocycles. The van der Waals surface area contributed by atoms with Crippen molar-refractivity contribution < 1.29 is 14.3 Å². The van der Waals surface area contributed by atoms with Gasteiger partial charge in [-0.3, -0.25) is 14.6 Å². The van der Waals surface area contributed by atoms with Crippen LogP contribution >= 0.6 is 0 Å². The highest BCUT2D eigenvalue weighted by atomic mass is 16.5. The van der Waals surface area contributed by atoms with Crippen LogP contribution in [-0.4, -0.2) is 48.6 Å². The predicted molar refractivity (Wildman–Crippen MR) is 63.7 cm³/mol. The summed E-state index contributed by atoms with van der Waals surface area (Å²) in [4.78, 5) is 30.3. The lowest BCUT2D eigenvalue weighted by molar-refractivity contribution is -0.120. The number of carbonyl (C=O) groups excluding carboxylic acids is 2. The lowest BCUT2D eigenvalue weighted by Crippen LogP contribution is -2.38. The number of nitrogens with one attached hydrogen (secondary N) is 2. The Bertz CT molecular complexity index is 424. The zero-order valence-corrected chi connectivity index (χ0v) is 9.97. The zero-order chi connectivity index (χ0) is 13.4. The van der Waals surface area contributed by atoms with E-state index >= 15 is 0 Å². The second kappa shape index (κ2) is 7.17. The van der Waals surface area contributed by atoms with Gasteiger partial charge in [0, 0.05) is 13.7 Å². The van der Waals surface area contributed by atoms with Crippen molar-refractivity contribution in [1.82, 2.24) is 20.6 Å². The van der Waals surface area contributed by atoms with Crippen molar-refractivity contribution in [2.75, 3.05) is 32.5 Å². The first-order valence-electron chi connectivity index (χ1n) is 5.25. The summed E-state index contributed by atoms with van der Waals surface area (Å²) in [5, 5.41) is 4.97. The van der Waals surface area contributed by atoms with E-state index in [1.807, 2.05) is 0 Å². The zero-order valence-electron chi connectivity index (χ0n) is 9.97. The van der Waals surface area contributed by atoms with Crippen LogP contribution in [0.15, 0.2) is 12.4 Å². The van der Waals surface area contributed by atoms with E-state index in [0.29, 0.717) is 13.2 Å². The minimum Gasteiger partial charge on any atom is -0.383 e. The average Bonchev–Trinajstić information content (AvgIpc) is 2.36. The lowest BCUT2D eigenvalue weighted by Gasteiger charge is -2.06. The number of hydrogen-bond acceptors (Lipinski definition) is 6. The lowest BCUT2D eigenvalue weighted by atomic mass is 10.4. The number of rotatable bonds is 6. The van der Waals surface area contributed by atoms with Crippen LogP contribution in [0, 0.1) is 0 Å². The summed E-state index contributed by atoms with van der Waals surface area (Å²) in [5.41, 5.74) is 5.46. The number of nitrogens with two attached hydrogens (primary N) is 1. The summed E-state index contributed by atoms with van der Waals surface area (Å²) >= 11 is 0. The van der Waals surface area contributed by atoms with Crippen molar-refractivity contribution in [3.05, 3.63) is 18.1 Å². The number of hydrogen-bond donors (Lipinski definition) is 3. The van der Waals surface area contributed by atoms with Gasteiger partial charge in [0.05, 0.1) is 25.5 Å². The molecule has 0 aliphatic rings. The molecule has 18 heavy (non-hydrogen) atoms. The molecular weight excluding hydrogens is 238 g/mol. The van der Waals surface area contributed by atoms with E-state index in [1.165, 1.54) is 19.5 Å². The van der Waals surface area contributed by atoms with Crippen molar-refractivity contribution in [3.8, 4) is 0 Å². The van der Waals surface area contributed by atoms with Crippen LogP contribution in [0.5, 0.6) is 0 Å². The third-order valence-electron chi connectivity index (χ3n) is 1.92. The van der Waals surface area contributed by atoms with Gasteiger partial charge in [-0.05, 0) is 0 Å². The molecule has 8 heteroatoms. The second-order valence-corrected chi connectivity index (χ2v) is 3.35. The van der Waals surface area contributed by atoms with E-state index in [4.69, 9.17) is 10.5 Å². The van der Waals surface area contributed by atoms with Gasteiger partial charge in [0.1, 0.15) is 11.5 Å². The van der Waals surface area contributed by atoms with Gasteiger partial charge in [-0.2, -0.15) is 0 Å². The van der Waals surface area contributed by atoms with Crippen LogP contribution in [0.25, 0.3) is 0 Å². The summed E-state index contributed by atoms with van der Waals surface area (Å²) in [6, 6.07) is 0. The van der Waals surface area contributed by atoms with Crippen molar-refractivity contribution in [2.45, 2.75) is 0 Å². The van der Waals surface area contributed by atoms with E-state index in [0.717, 1.165) is 0 Å². The maximum absolute atomic E-state index is 11.6. The minimum atomic E-state index is -0.503. The summed E-state index contributed by atoms with van der Waals surface area (Å²) in [6.07, 6.45) is 2.60. The minimum absolute atomic E-state index is 0.0692. The SMILES string of the molecule is COCCNC(=O)CNC(=O)c1cncc(N)n1. The fourth-order valence-corrected chi connectivity index (χ4v) is 1.10. The molecule has 0 fully saturated rings. The van der Waals surface area contributed by atoms with Gasteiger partial charge >= 0.3 is 0 Å². The largest absolute Gasteiger partial charge is 0.383 e. The quantitative estimate of drug-likeness (QED) is 0.534. The van der Waals surface area contributed by atoms with E-state index in [1.54, 1.807) is 0 Å². The highest BCUT2D eigenvalue weighted by Crippen LogP contribution is 1.96. The van der Waals surface area contributed by atoms with Crippen molar-refractivity contribution in [3.63, 3.8) is 0 Å². The molecule has 8 nitrogen and oxygen atoms in total. The molecule has 0 saturated carbocycles. The van der Waals surface area contributed by atoms with Gasteiger partial charge in [0.2, 0.25) is 5.91 Å². The summed E-state index contributed by atoms with van der Waals surface area (Å²) in [7, 11) is 1.53. The predicted octanol–water partition coefficient (Wildman–Crippen LogP) is -1.45. The van der Waals surface area contributed by atoms with Crippen LogP contribution in [-0.2, 0) is 9.53 Å². The molecule has 0 spiro atoms. The van der Waals surface area contributed by atoms with Crippen LogP contribution < -0.4 is 16.4 Å². The molecule has 2 amide bonds. The highest BCUT2D eigenvalue weighted by molar-refractivity contribution is 5.94. The topological polar surface area (TPSA) is 119 Å². The van der Waals surface area contributed by atoms with Crippen LogP contribution in [0.4, 0.5) is 5.82 Å². The van der Waals surface area contributed by atoms with Gasteiger partial charge < -0.3 is 21.1 Å². The number of nitrogen functional groups attached to an aromatic ring is 1. The van der Waals surface area contributed by atoms with Crippen molar-refractivity contribution >= 4 is 17.6 Å². The van der Waals surface area contributed by atoms with Gasteiger partial charge in [-0.15, -0.1) is 0 Å². The monoisotopic (exact) mass is 253 g/mol. The Hall–Kier alpha value is -2.22. The normalized spacial score (nSPS) is 9.83. The summed E-state index contributed by atoms with van der Waals surface area (Å²) in [5.74, 6) is -0.666. The molecule has 0 saturated heterocycles. The number of nitrogens with zero attached hydrogens (tertiary/aromatic N) is 2. The molecule has 0 bridgehead atoms. The van der Waals surface area contributed by atoms with E-state index in [-0.39, 0.29) is 24.0 Å². The van der Waals surface area contributed by atoms with Crippen molar-refractivity contribution in [2.24, 2.45) is 0 Å². The summed E-state index contributed by atoms with van der Waals surface area (Å²) < 4.78 is 4.77. The molecule has 0 radical (unpaired) electrons. The average molecular weight is 253 g/mol. The molecule has 4 N–H and O–H groups in total. The number of carbonyl (C=O) groups is 2. The fourth-order valence-electron chi connectivity index (χ4n) is 1.10. The van der Waals surface area contributed by atoms with E-state index in [2.05, 4.69) is 20.6 Å². The van der Waals surface area contributed by atoms with E-state index < -0.39 is 5.91 Å². The molecule has 1 aromatic rings. The van der Waals surface area contributed by atoms with Crippen LogP contribution in [0.2, 0.25) is 0 Å². The van der Waals surface area contributed by atoms with Gasteiger partial charge in [-0.25, -0.2) is 4.98 Å². The standard InChI is InChI=1S/C10H15N5O3/c1-18-3-2-13-9(16)6-14-10(17)7-4-12-5-8(11)15-7/h4-5H,2-3,6H2,1H3,(H2,11,15)(H,13,16)(H,14,17). The molecular formula is C10H15N5O3. The third kappa shape index (κ3) is 4.74. The molecule has 0 aliphatic heterocycles. The fraction of sp³-hybridized carbons (Fsp3) is 0.400. The van der Waals surface area contributed by atoms with Gasteiger partial charge in [-0.1, -0.05) is 0 Å². The van der Waals surface area contributed by atoms with Crippen LogP contribution in [0.1, 0.15) is 10.5 Å². The highest BCUT2D eigenvalue weighted by Gasteiger charge is 2.09. The molecule has 1 rings (SSSR count). The number of amides is 2. The Morgan fingerprint density at radius 2 is 2.17 bits per heavy atom. The molecule has 1 aromatic heterocycles. The first-order chi connectivity index (χ1) is 8.63. The number of ether oxygens (including phenoxy) is 1. The van der Waals surface area contributed by atoms with Gasteiger partial charge in [0.25, 0.3) is 5.91 Å². The Labute approximate surface area is 104 Å². The third-order valence-corrected chi connectivity index (χ3v) is 1.92. The number of methoxy groups -OCH3 is 1. The summed E-state index contributed by atoms with van der Waals surface area (Å²) in [6.45, 7) is 0.669. The second-order valence-electron chi connectivity index (χ2n) is 3.35. The number of anilines is 1. The Morgan fingerprint density at radius 3 is 2.83 bits per heavy atom. The van der Waals surface area contributed by atoms with E-state index in [9.17, 15) is 9.59 Å². The van der Waals surface area contributed by atoms with Crippen LogP contribution in [0.3, 0.4) is 0 Å². The Morgan fingerprint density at radius 1 is 1.39 bits per heavy atom. The first-order valence-corrected chi connectivity index (χ1v) is 5.25. The van der Waals surface area contributed by atoms with Crippen molar-refractivity contribution in [1.29, 1.82) is 0 Å². The maximum Gasteiger partial charge on any atom is 0.272 e. The Balaban J connectivity index is 2.35. The van der Waals surface area contributed by atoms with Gasteiger partial charge in [0.15, 0.2) is 0 Å².